The third-order valence-corrected chi connectivity index (χ3v) is 5.61. The van der Waals surface area contributed by atoms with E-state index in [9.17, 15) is 14.7 Å². The second-order valence-corrected chi connectivity index (χ2v) is 8.72. The van der Waals surface area contributed by atoms with Crippen LogP contribution in [-0.4, -0.2) is 86.3 Å². The van der Waals surface area contributed by atoms with E-state index in [1.54, 1.807) is 4.90 Å². The molecule has 0 bridgehead atoms. The Kier molecular flexibility index (Phi) is 9.74. The molecule has 3 N–H and O–H groups in total. The Bertz CT molecular complexity index is 740. The van der Waals surface area contributed by atoms with E-state index in [0.29, 0.717) is 30.9 Å². The highest BCUT2D eigenvalue weighted by Crippen LogP contribution is 2.29. The number of hydrogen-bond donors (Lipinski definition) is 3. The monoisotopic (exact) mass is 434 g/mol. The molecular weight excluding hydrogens is 396 g/mol. The minimum Gasteiger partial charge on any atom is -0.488 e. The molecule has 0 saturated heterocycles. The predicted octanol–water partition coefficient (Wildman–Crippen LogP) is 1.34. The van der Waals surface area contributed by atoms with Crippen molar-refractivity contribution in [2.75, 3.05) is 52.7 Å². The van der Waals surface area contributed by atoms with Crippen LogP contribution in [0.1, 0.15) is 32.3 Å². The molecular formula is C23H38N4O4. The third-order valence-electron chi connectivity index (χ3n) is 5.61. The summed E-state index contributed by atoms with van der Waals surface area (Å²) in [6, 6.07) is 5.20. The number of aliphatic hydroxyl groups is 1. The lowest BCUT2D eigenvalue weighted by atomic mass is 10.0. The molecule has 1 aromatic rings. The van der Waals surface area contributed by atoms with Gasteiger partial charge in [0, 0.05) is 36.7 Å². The molecule has 174 valence electrons. The maximum Gasteiger partial charge on any atom is 0.227 e. The van der Waals surface area contributed by atoms with Gasteiger partial charge in [-0.05, 0) is 59.2 Å². The van der Waals surface area contributed by atoms with Crippen LogP contribution in [0.5, 0.6) is 5.75 Å². The Balaban J connectivity index is 2.25. The van der Waals surface area contributed by atoms with E-state index in [1.807, 2.05) is 51.2 Å². The topological polar surface area (TPSA) is 94.1 Å². The summed E-state index contributed by atoms with van der Waals surface area (Å²) in [6.45, 7) is 5.81. The number of amides is 2. The number of ether oxygens (including phenoxy) is 1. The number of benzene rings is 1. The minimum atomic E-state index is -0.272. The van der Waals surface area contributed by atoms with Crippen LogP contribution in [0.3, 0.4) is 0 Å². The van der Waals surface area contributed by atoms with Crippen molar-refractivity contribution in [3.63, 3.8) is 0 Å². The van der Waals surface area contributed by atoms with Crippen molar-refractivity contribution in [2.45, 2.75) is 45.3 Å². The van der Waals surface area contributed by atoms with Crippen molar-refractivity contribution >= 4 is 17.5 Å². The first-order chi connectivity index (χ1) is 14.7. The van der Waals surface area contributed by atoms with Gasteiger partial charge in [-0.2, -0.15) is 0 Å². The standard InChI is InChI=1S/C23H38N4O4/c1-16-14-27(17(2)15-28)23(30)12-18-11-19(25-22(29)7-6-10-26(4)5)8-9-20(18)31-21(16)13-24-3/h8-9,11,16-17,21,24,28H,6-7,10,12-15H2,1-5H3,(H,25,29)/t16-,17-,21+/m1/s1. The van der Waals surface area contributed by atoms with Crippen molar-refractivity contribution in [3.8, 4) is 5.75 Å². The van der Waals surface area contributed by atoms with E-state index >= 15 is 0 Å². The highest BCUT2D eigenvalue weighted by atomic mass is 16.5. The van der Waals surface area contributed by atoms with Gasteiger partial charge in [-0.1, -0.05) is 6.92 Å². The number of anilines is 1. The molecule has 8 nitrogen and oxygen atoms in total. The second kappa shape index (κ2) is 12.0. The van der Waals surface area contributed by atoms with Crippen molar-refractivity contribution in [1.29, 1.82) is 0 Å². The van der Waals surface area contributed by atoms with E-state index in [-0.39, 0.29) is 42.9 Å². The van der Waals surface area contributed by atoms with Crippen molar-refractivity contribution in [2.24, 2.45) is 5.92 Å². The molecule has 31 heavy (non-hydrogen) atoms. The maximum absolute atomic E-state index is 13.1. The Morgan fingerprint density at radius 2 is 2.13 bits per heavy atom. The number of likely N-dealkylation sites (N-methyl/N-ethyl adjacent to an activating group) is 1. The molecule has 3 atom stereocenters. The van der Waals surface area contributed by atoms with E-state index < -0.39 is 0 Å². The van der Waals surface area contributed by atoms with Gasteiger partial charge in [-0.25, -0.2) is 0 Å². The summed E-state index contributed by atoms with van der Waals surface area (Å²) in [4.78, 5) is 29.2. The zero-order chi connectivity index (χ0) is 23.0. The molecule has 1 aromatic carbocycles. The smallest absolute Gasteiger partial charge is 0.227 e. The number of nitrogens with zero attached hydrogens (tertiary/aromatic N) is 2. The number of carbonyl (C=O) groups is 2. The molecule has 2 amide bonds. The summed E-state index contributed by atoms with van der Waals surface area (Å²) in [7, 11) is 5.84. The second-order valence-electron chi connectivity index (χ2n) is 8.72. The van der Waals surface area contributed by atoms with E-state index in [2.05, 4.69) is 17.6 Å². The fourth-order valence-corrected chi connectivity index (χ4v) is 3.73. The average molecular weight is 435 g/mol. The maximum atomic E-state index is 13.1. The molecule has 0 radical (unpaired) electrons. The van der Waals surface area contributed by atoms with Gasteiger partial charge in [0.2, 0.25) is 11.8 Å². The quantitative estimate of drug-likeness (QED) is 0.543. The SMILES string of the molecule is CNC[C@@H]1Oc2ccc(NC(=O)CCCN(C)C)cc2CC(=O)N([C@H](C)CO)C[C@H]1C. The molecule has 0 saturated carbocycles. The summed E-state index contributed by atoms with van der Waals surface area (Å²) in [5.41, 5.74) is 1.39. The summed E-state index contributed by atoms with van der Waals surface area (Å²) >= 11 is 0. The first kappa shape index (κ1) is 25.1. The largest absolute Gasteiger partial charge is 0.488 e. The van der Waals surface area contributed by atoms with Gasteiger partial charge in [0.15, 0.2) is 0 Å². The lowest BCUT2D eigenvalue weighted by molar-refractivity contribution is -0.134. The summed E-state index contributed by atoms with van der Waals surface area (Å²) < 4.78 is 6.31. The molecule has 0 fully saturated rings. The van der Waals surface area contributed by atoms with Crippen LogP contribution in [0.4, 0.5) is 5.69 Å². The number of fused-ring (bicyclic) bond motifs is 1. The highest BCUT2D eigenvalue weighted by Gasteiger charge is 2.30. The summed E-state index contributed by atoms with van der Waals surface area (Å²) in [6.07, 6.45) is 1.25. The lowest BCUT2D eigenvalue weighted by Gasteiger charge is -2.32. The lowest BCUT2D eigenvalue weighted by Crippen LogP contribution is -2.47. The number of rotatable bonds is 9. The van der Waals surface area contributed by atoms with Gasteiger partial charge in [-0.15, -0.1) is 0 Å². The Labute approximate surface area is 185 Å². The van der Waals surface area contributed by atoms with Gasteiger partial charge >= 0.3 is 0 Å². The normalized spacial score (nSPS) is 20.4. The van der Waals surface area contributed by atoms with E-state index in [4.69, 9.17) is 4.74 Å². The number of nitrogens with one attached hydrogen (secondary N) is 2. The molecule has 0 aliphatic carbocycles. The van der Waals surface area contributed by atoms with Gasteiger partial charge in [-0.3, -0.25) is 9.59 Å². The van der Waals surface area contributed by atoms with E-state index in [1.165, 1.54) is 0 Å². The van der Waals surface area contributed by atoms with Crippen molar-refractivity contribution in [1.82, 2.24) is 15.1 Å². The molecule has 0 aromatic heterocycles. The van der Waals surface area contributed by atoms with Gasteiger partial charge in [0.1, 0.15) is 11.9 Å². The summed E-state index contributed by atoms with van der Waals surface area (Å²) in [5, 5.41) is 15.7. The van der Waals surface area contributed by atoms with Crippen LogP contribution >= 0.6 is 0 Å². The zero-order valence-electron chi connectivity index (χ0n) is 19.5. The van der Waals surface area contributed by atoms with Gasteiger partial charge in [0.25, 0.3) is 0 Å². The number of aliphatic hydroxyl groups excluding tert-OH is 1. The molecule has 1 aliphatic rings. The molecule has 2 rings (SSSR count). The van der Waals surface area contributed by atoms with Crippen LogP contribution in [0.2, 0.25) is 0 Å². The van der Waals surface area contributed by atoms with Crippen LogP contribution in [0.15, 0.2) is 18.2 Å². The Morgan fingerprint density at radius 3 is 2.77 bits per heavy atom. The van der Waals surface area contributed by atoms with Crippen LogP contribution in [0.25, 0.3) is 0 Å². The number of carbonyl (C=O) groups excluding carboxylic acids is 2. The first-order valence-electron chi connectivity index (χ1n) is 11.0. The van der Waals surface area contributed by atoms with Gasteiger partial charge < -0.3 is 30.3 Å². The third kappa shape index (κ3) is 7.48. The first-order valence-corrected chi connectivity index (χ1v) is 11.0. The van der Waals surface area contributed by atoms with Crippen molar-refractivity contribution in [3.05, 3.63) is 23.8 Å². The van der Waals surface area contributed by atoms with E-state index in [0.717, 1.165) is 18.5 Å². The average Bonchev–Trinajstić information content (AvgIpc) is 2.76. The minimum absolute atomic E-state index is 0.0469. The fourth-order valence-electron chi connectivity index (χ4n) is 3.73. The van der Waals surface area contributed by atoms with Gasteiger partial charge in [0.05, 0.1) is 19.1 Å². The predicted molar refractivity (Wildman–Crippen MR) is 122 cm³/mol. The van der Waals surface area contributed by atoms with Crippen molar-refractivity contribution < 1.29 is 19.4 Å². The molecule has 1 aliphatic heterocycles. The van der Waals surface area contributed by atoms with Crippen LogP contribution < -0.4 is 15.4 Å². The number of hydrogen-bond acceptors (Lipinski definition) is 6. The summed E-state index contributed by atoms with van der Waals surface area (Å²) in [5.74, 6) is 0.629. The Morgan fingerprint density at radius 1 is 1.39 bits per heavy atom. The highest BCUT2D eigenvalue weighted by molar-refractivity contribution is 5.91. The fraction of sp³-hybridized carbons (Fsp3) is 0.652. The Hall–Kier alpha value is -2.16. The molecule has 0 spiro atoms. The zero-order valence-corrected chi connectivity index (χ0v) is 19.5. The molecule has 1 heterocycles. The molecule has 0 unspecified atom stereocenters. The van der Waals surface area contributed by atoms with Crippen LogP contribution in [0, 0.1) is 5.92 Å². The van der Waals surface area contributed by atoms with Crippen LogP contribution in [-0.2, 0) is 16.0 Å². The molecule has 8 heteroatoms.